The number of dihydropyridines is 1. The Bertz CT molecular complexity index is 1350. The molecule has 1 N–H and O–H groups in total. The number of nitro benzene ring substituents is 1. The molecule has 2 aromatic heterocycles. The van der Waals surface area contributed by atoms with Crippen LogP contribution in [0.4, 0.5) is 5.69 Å². The summed E-state index contributed by atoms with van der Waals surface area (Å²) in [6.45, 7) is 3.80. The number of allylic oxidation sites excluding steroid dienone is 2. The van der Waals surface area contributed by atoms with Crippen molar-refractivity contribution in [2.75, 3.05) is 13.2 Å². The van der Waals surface area contributed by atoms with Gasteiger partial charge in [-0.2, -0.15) is 0 Å². The molecule has 0 unspecified atom stereocenters. The largest absolute Gasteiger partial charge is 0.462 e. The van der Waals surface area contributed by atoms with Gasteiger partial charge in [0.15, 0.2) is 0 Å². The third-order valence-corrected chi connectivity index (χ3v) is 6.71. The zero-order valence-corrected chi connectivity index (χ0v) is 23.0. The average molecular weight is 557 g/mol. The molecule has 1 aromatic carbocycles. The lowest BCUT2D eigenvalue weighted by Gasteiger charge is -2.30. The van der Waals surface area contributed by atoms with E-state index in [1.165, 1.54) is 12.1 Å². The fraction of sp³-hybridized carbons (Fsp3) is 0.290. The summed E-state index contributed by atoms with van der Waals surface area (Å²) in [6, 6.07) is 17.1. The van der Waals surface area contributed by atoms with Crippen LogP contribution in [0.2, 0.25) is 0 Å². The van der Waals surface area contributed by atoms with Gasteiger partial charge in [-0.15, -0.1) is 0 Å². The number of carbonyl (C=O) groups is 2. The number of nitro groups is 1. The van der Waals surface area contributed by atoms with Gasteiger partial charge in [-0.05, 0) is 69.4 Å². The maximum atomic E-state index is 13.4. The second-order valence-electron chi connectivity index (χ2n) is 9.61. The molecule has 10 nitrogen and oxygen atoms in total. The zero-order chi connectivity index (χ0) is 29.2. The molecular formula is C31H32N4O6. The smallest absolute Gasteiger partial charge is 0.336 e. The van der Waals surface area contributed by atoms with Crippen molar-refractivity contribution >= 4 is 17.6 Å². The molecule has 3 heterocycles. The summed E-state index contributed by atoms with van der Waals surface area (Å²) in [6.07, 6.45) is 5.86. The minimum Gasteiger partial charge on any atom is -0.462 e. The molecular weight excluding hydrogens is 524 g/mol. The number of pyridine rings is 2. The Morgan fingerprint density at radius 3 is 1.71 bits per heavy atom. The molecule has 0 fully saturated rings. The third-order valence-electron chi connectivity index (χ3n) is 6.71. The van der Waals surface area contributed by atoms with Crippen LogP contribution in [0.1, 0.15) is 49.6 Å². The molecule has 0 aliphatic carbocycles. The maximum absolute atomic E-state index is 13.4. The van der Waals surface area contributed by atoms with Crippen LogP contribution in [0.15, 0.2) is 95.6 Å². The zero-order valence-electron chi connectivity index (χ0n) is 23.0. The molecule has 0 saturated carbocycles. The van der Waals surface area contributed by atoms with Crippen molar-refractivity contribution in [1.82, 2.24) is 15.3 Å². The Labute approximate surface area is 238 Å². The van der Waals surface area contributed by atoms with E-state index in [0.717, 1.165) is 11.4 Å². The highest BCUT2D eigenvalue weighted by Gasteiger charge is 2.38. The molecule has 10 heteroatoms. The van der Waals surface area contributed by atoms with Crippen LogP contribution in [-0.2, 0) is 31.9 Å². The van der Waals surface area contributed by atoms with Gasteiger partial charge in [0.1, 0.15) is 0 Å². The Hall–Kier alpha value is -4.86. The highest BCUT2D eigenvalue weighted by Crippen LogP contribution is 2.39. The number of aryl methyl sites for hydroxylation is 2. The number of aromatic nitrogens is 2. The van der Waals surface area contributed by atoms with Crippen LogP contribution in [0.3, 0.4) is 0 Å². The van der Waals surface area contributed by atoms with Gasteiger partial charge in [-0.3, -0.25) is 20.1 Å². The molecule has 41 heavy (non-hydrogen) atoms. The van der Waals surface area contributed by atoms with Crippen LogP contribution in [-0.4, -0.2) is 40.0 Å². The lowest BCUT2D eigenvalue weighted by Crippen LogP contribution is -2.32. The Morgan fingerprint density at radius 1 is 0.805 bits per heavy atom. The first-order valence-electron chi connectivity index (χ1n) is 13.4. The summed E-state index contributed by atoms with van der Waals surface area (Å²) in [4.78, 5) is 46.2. The summed E-state index contributed by atoms with van der Waals surface area (Å²) in [5.74, 6) is -1.98. The van der Waals surface area contributed by atoms with Crippen LogP contribution in [0, 0.1) is 10.1 Å². The van der Waals surface area contributed by atoms with Crippen molar-refractivity contribution in [2.45, 2.75) is 45.4 Å². The first kappa shape index (κ1) is 29.1. The quantitative estimate of drug-likeness (QED) is 0.142. The molecule has 0 atom stereocenters. The van der Waals surface area contributed by atoms with Gasteiger partial charge in [-0.1, -0.05) is 24.3 Å². The van der Waals surface area contributed by atoms with Crippen LogP contribution >= 0.6 is 0 Å². The van der Waals surface area contributed by atoms with Crippen molar-refractivity contribution in [3.8, 4) is 0 Å². The summed E-state index contributed by atoms with van der Waals surface area (Å²) in [5, 5.41) is 14.4. The summed E-state index contributed by atoms with van der Waals surface area (Å²) >= 11 is 0. The van der Waals surface area contributed by atoms with E-state index in [9.17, 15) is 19.7 Å². The first-order valence-corrected chi connectivity index (χ1v) is 13.4. The second-order valence-corrected chi connectivity index (χ2v) is 9.61. The molecule has 4 rings (SSSR count). The minimum absolute atomic E-state index is 0.0959. The van der Waals surface area contributed by atoms with Gasteiger partial charge in [0.2, 0.25) is 0 Å². The lowest BCUT2D eigenvalue weighted by atomic mass is 9.80. The molecule has 1 aliphatic rings. The van der Waals surface area contributed by atoms with Crippen LogP contribution in [0.5, 0.6) is 0 Å². The van der Waals surface area contributed by atoms with E-state index in [1.807, 2.05) is 36.4 Å². The monoisotopic (exact) mass is 556 g/mol. The van der Waals surface area contributed by atoms with Gasteiger partial charge in [0, 0.05) is 47.3 Å². The summed E-state index contributed by atoms with van der Waals surface area (Å²) in [7, 11) is 0. The van der Waals surface area contributed by atoms with E-state index >= 15 is 0 Å². The number of hydrogen-bond donors (Lipinski definition) is 1. The molecule has 1 aliphatic heterocycles. The molecule has 0 saturated heterocycles. The van der Waals surface area contributed by atoms with Gasteiger partial charge in [0.05, 0.1) is 35.2 Å². The number of non-ortho nitro benzene ring substituents is 1. The molecule has 0 bridgehead atoms. The molecule has 212 valence electrons. The number of ether oxygens (including phenoxy) is 2. The van der Waals surface area contributed by atoms with Crippen molar-refractivity contribution < 1.29 is 24.0 Å². The van der Waals surface area contributed by atoms with E-state index in [4.69, 9.17) is 9.47 Å². The fourth-order valence-corrected chi connectivity index (χ4v) is 4.74. The third kappa shape index (κ3) is 7.63. The summed E-state index contributed by atoms with van der Waals surface area (Å²) in [5.41, 5.74) is 3.81. The second kappa shape index (κ2) is 14.0. The van der Waals surface area contributed by atoms with E-state index in [1.54, 1.807) is 38.4 Å². The number of benzene rings is 1. The van der Waals surface area contributed by atoms with Crippen molar-refractivity contribution in [3.05, 3.63) is 123 Å². The number of carbonyl (C=O) groups excluding carboxylic acids is 2. The molecule has 3 aromatic rings. The van der Waals surface area contributed by atoms with E-state index in [0.29, 0.717) is 42.6 Å². The predicted molar refractivity (Wildman–Crippen MR) is 151 cm³/mol. The minimum atomic E-state index is -0.830. The molecule has 0 amide bonds. The summed E-state index contributed by atoms with van der Waals surface area (Å²) < 4.78 is 11.3. The van der Waals surface area contributed by atoms with Gasteiger partial charge < -0.3 is 14.8 Å². The van der Waals surface area contributed by atoms with E-state index < -0.39 is 22.8 Å². The van der Waals surface area contributed by atoms with Gasteiger partial charge in [0.25, 0.3) is 5.69 Å². The van der Waals surface area contributed by atoms with Crippen LogP contribution < -0.4 is 5.32 Å². The van der Waals surface area contributed by atoms with Crippen LogP contribution in [0.25, 0.3) is 0 Å². The van der Waals surface area contributed by atoms with E-state index in [2.05, 4.69) is 15.3 Å². The van der Waals surface area contributed by atoms with Gasteiger partial charge in [-0.25, -0.2) is 9.59 Å². The van der Waals surface area contributed by atoms with Crippen molar-refractivity contribution in [1.29, 1.82) is 0 Å². The number of nitrogens with zero attached hydrogens (tertiary/aromatic N) is 3. The standard InChI is InChI=1S/C31H32N4O6/c1-21-27(30(36)40-19-7-11-24-9-3-5-17-32-24)29(23-13-15-26(16-14-23)35(38)39)28(22(2)34-21)31(37)41-20-8-12-25-10-4-6-18-33-25/h3-6,9-10,13-18,29,34H,7-8,11-12,19-20H2,1-2H3. The number of esters is 2. The average Bonchev–Trinajstić information content (AvgIpc) is 2.98. The topological polar surface area (TPSA) is 134 Å². The van der Waals surface area contributed by atoms with E-state index in [-0.39, 0.29) is 30.0 Å². The number of hydrogen-bond acceptors (Lipinski definition) is 9. The highest BCUT2D eigenvalue weighted by molar-refractivity contribution is 5.99. The van der Waals surface area contributed by atoms with Crippen molar-refractivity contribution in [3.63, 3.8) is 0 Å². The molecule has 0 spiro atoms. The highest BCUT2D eigenvalue weighted by atomic mass is 16.6. The first-order chi connectivity index (χ1) is 19.8. The molecule has 0 radical (unpaired) electrons. The fourth-order valence-electron chi connectivity index (χ4n) is 4.74. The Morgan fingerprint density at radius 2 is 1.29 bits per heavy atom. The lowest BCUT2D eigenvalue weighted by molar-refractivity contribution is -0.384. The normalized spacial score (nSPS) is 13.5. The Kier molecular flexibility index (Phi) is 9.93. The SMILES string of the molecule is CC1=C(C(=O)OCCCc2ccccn2)C(c2ccc([N+](=O)[O-])cc2)C(C(=O)OCCCc2ccccn2)=C(C)N1. The Balaban J connectivity index is 1.52. The number of nitrogens with one attached hydrogen (secondary N) is 1. The predicted octanol–water partition coefficient (Wildman–Crippen LogP) is 4.97. The van der Waals surface area contributed by atoms with Crippen molar-refractivity contribution in [2.24, 2.45) is 0 Å². The number of rotatable bonds is 12. The van der Waals surface area contributed by atoms with Gasteiger partial charge >= 0.3 is 11.9 Å². The maximum Gasteiger partial charge on any atom is 0.336 e.